The fraction of sp³-hybridized carbons (Fsp3) is 0.700. The smallest absolute Gasteiger partial charge is 0.248 e. The van der Waals surface area contributed by atoms with Crippen LogP contribution in [0.25, 0.3) is 0 Å². The van der Waals surface area contributed by atoms with Gasteiger partial charge >= 0.3 is 0 Å². The molecule has 2 rings (SSSR count). The van der Waals surface area contributed by atoms with Gasteiger partial charge in [0.15, 0.2) is 5.82 Å². The molecule has 1 aliphatic rings. The first-order valence-corrected chi connectivity index (χ1v) is 7.19. The lowest BCUT2D eigenvalue weighted by Gasteiger charge is -2.14. The van der Waals surface area contributed by atoms with Crippen LogP contribution in [0.5, 0.6) is 0 Å². The number of nitrogens with two attached hydrogens (primary N) is 1. The zero-order valence-corrected chi connectivity index (χ0v) is 11.9. The Bertz CT molecular complexity index is 544. The van der Waals surface area contributed by atoms with Gasteiger partial charge in [-0.25, -0.2) is 8.42 Å². The van der Waals surface area contributed by atoms with E-state index in [1.54, 1.807) is 7.05 Å². The first-order valence-electron chi connectivity index (χ1n) is 5.75. The van der Waals surface area contributed by atoms with E-state index in [1.165, 1.54) is 29.4 Å². The lowest BCUT2D eigenvalue weighted by atomic mass is 10.3. The SMILES string of the molecule is COC1CN(S(=O)(=O)c2cn(C)nc2N)CC1OC. The molecule has 19 heavy (non-hydrogen) atoms. The van der Waals surface area contributed by atoms with Crippen LogP contribution in [0.1, 0.15) is 0 Å². The van der Waals surface area contributed by atoms with Gasteiger partial charge in [0, 0.05) is 40.6 Å². The summed E-state index contributed by atoms with van der Waals surface area (Å²) in [5.41, 5.74) is 5.63. The van der Waals surface area contributed by atoms with Crippen LogP contribution in [0.15, 0.2) is 11.1 Å². The first kappa shape index (κ1) is 14.3. The summed E-state index contributed by atoms with van der Waals surface area (Å²) in [6.45, 7) is 0.483. The highest BCUT2D eigenvalue weighted by molar-refractivity contribution is 7.89. The van der Waals surface area contributed by atoms with Crippen LogP contribution in [-0.2, 0) is 26.5 Å². The molecule has 0 aromatic carbocycles. The van der Waals surface area contributed by atoms with E-state index >= 15 is 0 Å². The standard InChI is InChI=1S/C10H18N4O4S/c1-13-6-9(10(11)12-13)19(15,16)14-4-7(17-2)8(5-14)18-3/h6-8H,4-5H2,1-3H3,(H2,11,12). The molecule has 2 unspecified atom stereocenters. The van der Waals surface area contributed by atoms with E-state index < -0.39 is 10.0 Å². The van der Waals surface area contributed by atoms with Crippen LogP contribution in [0.2, 0.25) is 0 Å². The van der Waals surface area contributed by atoms with Crippen molar-refractivity contribution >= 4 is 15.8 Å². The van der Waals surface area contributed by atoms with Crippen LogP contribution in [0, 0.1) is 0 Å². The zero-order chi connectivity index (χ0) is 14.2. The molecule has 0 radical (unpaired) electrons. The van der Waals surface area contributed by atoms with Crippen molar-refractivity contribution in [1.29, 1.82) is 0 Å². The molecular weight excluding hydrogens is 272 g/mol. The van der Waals surface area contributed by atoms with Gasteiger partial charge in [0.2, 0.25) is 10.0 Å². The molecule has 1 aliphatic heterocycles. The second-order valence-corrected chi connectivity index (χ2v) is 6.33. The molecule has 1 fully saturated rings. The van der Waals surface area contributed by atoms with Crippen molar-refractivity contribution in [1.82, 2.24) is 14.1 Å². The molecule has 2 atom stereocenters. The third kappa shape index (κ3) is 2.46. The molecule has 0 bridgehead atoms. The Morgan fingerprint density at radius 1 is 1.32 bits per heavy atom. The highest BCUT2D eigenvalue weighted by Crippen LogP contribution is 2.26. The van der Waals surface area contributed by atoms with Crippen molar-refractivity contribution in [3.05, 3.63) is 6.20 Å². The summed E-state index contributed by atoms with van der Waals surface area (Å²) in [5, 5.41) is 3.85. The van der Waals surface area contributed by atoms with E-state index in [1.807, 2.05) is 0 Å². The lowest BCUT2D eigenvalue weighted by molar-refractivity contribution is -0.00461. The van der Waals surface area contributed by atoms with E-state index in [0.29, 0.717) is 0 Å². The molecule has 0 aliphatic carbocycles. The second kappa shape index (κ2) is 5.08. The molecule has 2 N–H and O–H groups in total. The molecule has 1 aromatic rings. The first-order chi connectivity index (χ1) is 8.90. The molecule has 1 aromatic heterocycles. The number of nitrogens with zero attached hydrogens (tertiary/aromatic N) is 3. The third-order valence-corrected chi connectivity index (χ3v) is 5.08. The van der Waals surface area contributed by atoms with Gasteiger partial charge in [-0.3, -0.25) is 4.68 Å². The maximum atomic E-state index is 12.5. The van der Waals surface area contributed by atoms with Gasteiger partial charge in [-0.2, -0.15) is 9.40 Å². The van der Waals surface area contributed by atoms with Gasteiger partial charge in [-0.05, 0) is 0 Å². The quantitative estimate of drug-likeness (QED) is 0.766. The molecule has 0 spiro atoms. The fourth-order valence-electron chi connectivity index (χ4n) is 2.18. The van der Waals surface area contributed by atoms with Crippen LogP contribution >= 0.6 is 0 Å². The van der Waals surface area contributed by atoms with Crippen molar-refractivity contribution in [3.8, 4) is 0 Å². The van der Waals surface area contributed by atoms with E-state index in [4.69, 9.17) is 15.2 Å². The van der Waals surface area contributed by atoms with Crippen molar-refractivity contribution in [2.75, 3.05) is 33.0 Å². The molecule has 0 amide bonds. The number of sulfonamides is 1. The minimum Gasteiger partial charge on any atom is -0.381 e. The van der Waals surface area contributed by atoms with Crippen molar-refractivity contribution in [3.63, 3.8) is 0 Å². The Morgan fingerprint density at radius 2 is 1.84 bits per heavy atom. The summed E-state index contributed by atoms with van der Waals surface area (Å²) in [4.78, 5) is 0.0154. The Labute approximate surface area is 112 Å². The highest BCUT2D eigenvalue weighted by atomic mass is 32.2. The molecule has 1 saturated heterocycles. The van der Waals surface area contributed by atoms with Crippen molar-refractivity contribution in [2.45, 2.75) is 17.1 Å². The predicted octanol–water partition coefficient (Wildman–Crippen LogP) is -0.963. The number of methoxy groups -OCH3 is 2. The normalized spacial score (nSPS) is 25.0. The monoisotopic (exact) mass is 290 g/mol. The topological polar surface area (TPSA) is 99.7 Å². The third-order valence-electron chi connectivity index (χ3n) is 3.23. The second-order valence-electron chi connectivity index (χ2n) is 4.42. The van der Waals surface area contributed by atoms with Crippen LogP contribution < -0.4 is 5.73 Å². The Morgan fingerprint density at radius 3 is 2.21 bits per heavy atom. The molecule has 108 valence electrons. The van der Waals surface area contributed by atoms with Gasteiger partial charge < -0.3 is 15.2 Å². The maximum absolute atomic E-state index is 12.5. The lowest BCUT2D eigenvalue weighted by Crippen LogP contribution is -2.30. The largest absolute Gasteiger partial charge is 0.381 e. The van der Waals surface area contributed by atoms with Gasteiger partial charge in [-0.15, -0.1) is 0 Å². The number of aromatic nitrogens is 2. The van der Waals surface area contributed by atoms with Crippen LogP contribution in [-0.4, -0.2) is 62.0 Å². The predicted molar refractivity (Wildman–Crippen MR) is 68.0 cm³/mol. The number of rotatable bonds is 4. The number of anilines is 1. The Balaban J connectivity index is 2.29. The van der Waals surface area contributed by atoms with Crippen LogP contribution in [0.3, 0.4) is 0 Å². The average Bonchev–Trinajstić information content (AvgIpc) is 2.92. The minimum atomic E-state index is -3.67. The summed E-state index contributed by atoms with van der Waals surface area (Å²) < 4.78 is 38.1. The summed E-state index contributed by atoms with van der Waals surface area (Å²) >= 11 is 0. The van der Waals surface area contributed by atoms with Crippen molar-refractivity contribution in [2.24, 2.45) is 7.05 Å². The minimum absolute atomic E-state index is 0.00247. The Kier molecular flexibility index (Phi) is 3.81. The highest BCUT2D eigenvalue weighted by Gasteiger charge is 2.41. The number of hydrogen-bond donors (Lipinski definition) is 1. The van der Waals surface area contributed by atoms with E-state index in [2.05, 4.69) is 5.10 Å². The number of aryl methyl sites for hydroxylation is 1. The zero-order valence-electron chi connectivity index (χ0n) is 11.1. The van der Waals surface area contributed by atoms with E-state index in [0.717, 1.165) is 0 Å². The molecule has 8 nitrogen and oxygen atoms in total. The Hall–Kier alpha value is -1.16. The summed E-state index contributed by atoms with van der Waals surface area (Å²) in [7, 11) is 1.02. The van der Waals surface area contributed by atoms with Gasteiger partial charge in [-0.1, -0.05) is 0 Å². The fourth-order valence-corrected chi connectivity index (χ4v) is 3.74. The molecule has 2 heterocycles. The average molecular weight is 290 g/mol. The summed E-state index contributed by atoms with van der Waals surface area (Å²) in [6.07, 6.45) is 0.836. The number of ether oxygens (including phenoxy) is 2. The molecular formula is C10H18N4O4S. The van der Waals surface area contributed by atoms with Gasteiger partial charge in [0.25, 0.3) is 0 Å². The van der Waals surface area contributed by atoms with E-state index in [9.17, 15) is 8.42 Å². The number of nitrogen functional groups attached to an aromatic ring is 1. The summed E-state index contributed by atoms with van der Waals surface area (Å²) in [6, 6.07) is 0. The van der Waals surface area contributed by atoms with E-state index in [-0.39, 0.29) is 36.0 Å². The summed E-state index contributed by atoms with van der Waals surface area (Å²) in [5.74, 6) is -0.00247. The van der Waals surface area contributed by atoms with Crippen LogP contribution in [0.4, 0.5) is 5.82 Å². The molecule has 0 saturated carbocycles. The van der Waals surface area contributed by atoms with Gasteiger partial charge in [0.05, 0.1) is 12.2 Å². The maximum Gasteiger partial charge on any atom is 0.248 e. The van der Waals surface area contributed by atoms with Crippen molar-refractivity contribution < 1.29 is 17.9 Å². The van der Waals surface area contributed by atoms with Gasteiger partial charge in [0.1, 0.15) is 4.90 Å². The molecule has 9 heteroatoms. The number of hydrogen-bond acceptors (Lipinski definition) is 6.